The fourth-order valence-electron chi connectivity index (χ4n) is 4.61. The van der Waals surface area contributed by atoms with Crippen molar-refractivity contribution < 1.29 is 23.4 Å². The molecule has 1 atom stereocenters. The summed E-state index contributed by atoms with van der Waals surface area (Å²) in [5, 5.41) is 3.80. The van der Waals surface area contributed by atoms with Crippen molar-refractivity contribution in [3.8, 4) is 11.5 Å². The van der Waals surface area contributed by atoms with Crippen molar-refractivity contribution in [1.29, 1.82) is 0 Å². The molecule has 3 heterocycles. The zero-order chi connectivity index (χ0) is 24.2. The molecule has 2 aromatic rings. The highest BCUT2D eigenvalue weighted by Gasteiger charge is 2.27. The van der Waals surface area contributed by atoms with E-state index in [-0.39, 0.29) is 24.6 Å². The molecule has 10 heteroatoms. The number of nitrogens with zero attached hydrogens (tertiary/aromatic N) is 3. The number of benzene rings is 2. The third-order valence-electron chi connectivity index (χ3n) is 6.48. The molecule has 35 heavy (non-hydrogen) atoms. The molecule has 2 aromatic carbocycles. The van der Waals surface area contributed by atoms with E-state index in [0.29, 0.717) is 55.0 Å². The third kappa shape index (κ3) is 5.83. The van der Waals surface area contributed by atoms with Gasteiger partial charge in [-0.15, -0.1) is 0 Å². The highest BCUT2D eigenvalue weighted by molar-refractivity contribution is 7.80. The number of fused-ring (bicyclic) bond motifs is 1. The molecule has 3 aliphatic heterocycles. The second-order valence-corrected chi connectivity index (χ2v) is 9.28. The van der Waals surface area contributed by atoms with E-state index < -0.39 is 0 Å². The SMILES string of the molecule is O=C(c1ccc2c(c1)OCO2)N1CCCN(CC2CN(C(=S)Nc3ccc(F)cc3)CCO2)CC1. The first-order valence-corrected chi connectivity index (χ1v) is 12.3. The standard InChI is InChI=1S/C25H29FN4O4S/c26-19-3-5-20(6-4-19)27-25(35)30-12-13-32-21(16-30)15-28-8-1-9-29(11-10-28)24(31)18-2-7-22-23(14-18)34-17-33-22/h2-7,14,21H,1,8-13,15-17H2,(H,27,35). The average Bonchev–Trinajstić information content (AvgIpc) is 3.23. The van der Waals surface area contributed by atoms with Crippen LogP contribution in [0.2, 0.25) is 0 Å². The van der Waals surface area contributed by atoms with E-state index in [9.17, 15) is 9.18 Å². The third-order valence-corrected chi connectivity index (χ3v) is 6.84. The summed E-state index contributed by atoms with van der Waals surface area (Å²) in [6.07, 6.45) is 0.921. The zero-order valence-corrected chi connectivity index (χ0v) is 20.3. The number of halogens is 1. The summed E-state index contributed by atoms with van der Waals surface area (Å²) in [5.74, 6) is 1.04. The molecule has 0 bridgehead atoms. The Kier molecular flexibility index (Phi) is 7.31. The smallest absolute Gasteiger partial charge is 0.254 e. The van der Waals surface area contributed by atoms with Crippen LogP contribution in [0.1, 0.15) is 16.8 Å². The molecule has 1 N–H and O–H groups in total. The Hall–Kier alpha value is -2.95. The molecule has 8 nitrogen and oxygen atoms in total. The Labute approximate surface area is 209 Å². The van der Waals surface area contributed by atoms with Gasteiger partial charge in [-0.3, -0.25) is 9.69 Å². The van der Waals surface area contributed by atoms with Crippen LogP contribution in [0.25, 0.3) is 0 Å². The normalized spacial score (nSPS) is 20.4. The van der Waals surface area contributed by atoms with Gasteiger partial charge in [0.25, 0.3) is 5.91 Å². The van der Waals surface area contributed by atoms with Gasteiger partial charge in [-0.05, 0) is 67.6 Å². The van der Waals surface area contributed by atoms with Crippen LogP contribution in [-0.2, 0) is 4.74 Å². The van der Waals surface area contributed by atoms with Gasteiger partial charge in [0.15, 0.2) is 16.6 Å². The van der Waals surface area contributed by atoms with Crippen LogP contribution in [0.3, 0.4) is 0 Å². The summed E-state index contributed by atoms with van der Waals surface area (Å²) in [7, 11) is 0. The maximum atomic E-state index is 13.2. The summed E-state index contributed by atoms with van der Waals surface area (Å²) < 4.78 is 30.0. The summed E-state index contributed by atoms with van der Waals surface area (Å²) in [4.78, 5) is 19.4. The van der Waals surface area contributed by atoms with Gasteiger partial charge in [0.1, 0.15) is 5.82 Å². The number of nitrogens with one attached hydrogen (secondary N) is 1. The van der Waals surface area contributed by atoms with Crippen LogP contribution in [0.5, 0.6) is 11.5 Å². The molecule has 3 aliphatic rings. The van der Waals surface area contributed by atoms with E-state index in [2.05, 4.69) is 15.1 Å². The zero-order valence-electron chi connectivity index (χ0n) is 19.5. The maximum absolute atomic E-state index is 13.2. The molecule has 5 rings (SSSR count). The van der Waals surface area contributed by atoms with Crippen molar-refractivity contribution in [3.05, 3.63) is 53.8 Å². The minimum absolute atomic E-state index is 0.0162. The summed E-state index contributed by atoms with van der Waals surface area (Å²) >= 11 is 5.58. The quantitative estimate of drug-likeness (QED) is 0.643. The van der Waals surface area contributed by atoms with Gasteiger partial charge in [-0.1, -0.05) is 0 Å². The van der Waals surface area contributed by atoms with Crippen LogP contribution in [0.4, 0.5) is 10.1 Å². The Morgan fingerprint density at radius 1 is 1.00 bits per heavy atom. The molecule has 0 aromatic heterocycles. The largest absolute Gasteiger partial charge is 0.454 e. The second-order valence-electron chi connectivity index (χ2n) is 8.89. The van der Waals surface area contributed by atoms with Crippen molar-refractivity contribution in [1.82, 2.24) is 14.7 Å². The van der Waals surface area contributed by atoms with E-state index in [4.69, 9.17) is 26.4 Å². The molecular weight excluding hydrogens is 471 g/mol. The first kappa shape index (κ1) is 23.8. The Bertz CT molecular complexity index is 1070. The number of morpholine rings is 1. The first-order chi connectivity index (χ1) is 17.0. The minimum Gasteiger partial charge on any atom is -0.454 e. The van der Waals surface area contributed by atoms with Crippen LogP contribution in [0.15, 0.2) is 42.5 Å². The Morgan fingerprint density at radius 2 is 1.83 bits per heavy atom. The van der Waals surface area contributed by atoms with Gasteiger partial charge < -0.3 is 29.3 Å². The molecule has 1 amide bonds. The number of anilines is 1. The molecule has 1 unspecified atom stereocenters. The van der Waals surface area contributed by atoms with Crippen LogP contribution >= 0.6 is 12.2 Å². The van der Waals surface area contributed by atoms with Crippen LogP contribution < -0.4 is 14.8 Å². The number of rotatable bonds is 4. The van der Waals surface area contributed by atoms with Gasteiger partial charge in [0.2, 0.25) is 6.79 Å². The second kappa shape index (κ2) is 10.8. The highest BCUT2D eigenvalue weighted by Crippen LogP contribution is 2.32. The lowest BCUT2D eigenvalue weighted by Crippen LogP contribution is -2.51. The number of thiocarbonyl (C=S) groups is 1. The number of ether oxygens (including phenoxy) is 3. The topological polar surface area (TPSA) is 66.5 Å². The summed E-state index contributed by atoms with van der Waals surface area (Å²) in [5.41, 5.74) is 1.38. The Morgan fingerprint density at radius 3 is 2.69 bits per heavy atom. The number of carbonyl (C=O) groups is 1. The Balaban J connectivity index is 1.12. The molecule has 0 spiro atoms. The number of amides is 1. The number of hydrogen-bond donors (Lipinski definition) is 1. The first-order valence-electron chi connectivity index (χ1n) is 11.9. The van der Waals surface area contributed by atoms with E-state index in [1.165, 1.54) is 12.1 Å². The van der Waals surface area contributed by atoms with E-state index >= 15 is 0 Å². The molecule has 2 saturated heterocycles. The summed E-state index contributed by atoms with van der Waals surface area (Å²) in [6.45, 7) is 6.03. The van der Waals surface area contributed by atoms with Gasteiger partial charge in [0.05, 0.1) is 12.7 Å². The molecule has 2 fully saturated rings. The van der Waals surface area contributed by atoms with Gasteiger partial charge >= 0.3 is 0 Å². The fraction of sp³-hybridized carbons (Fsp3) is 0.440. The van der Waals surface area contributed by atoms with E-state index in [0.717, 1.165) is 31.7 Å². The van der Waals surface area contributed by atoms with Crippen molar-refractivity contribution >= 4 is 28.9 Å². The van der Waals surface area contributed by atoms with Crippen LogP contribution in [0, 0.1) is 5.82 Å². The van der Waals surface area contributed by atoms with E-state index in [1.54, 1.807) is 30.3 Å². The lowest BCUT2D eigenvalue weighted by molar-refractivity contribution is -0.0224. The molecule has 186 valence electrons. The van der Waals surface area contributed by atoms with Crippen molar-refractivity contribution in [2.24, 2.45) is 0 Å². The maximum Gasteiger partial charge on any atom is 0.254 e. The number of hydrogen-bond acceptors (Lipinski definition) is 6. The van der Waals surface area contributed by atoms with Gasteiger partial charge in [0, 0.05) is 50.5 Å². The van der Waals surface area contributed by atoms with Crippen molar-refractivity contribution in [3.63, 3.8) is 0 Å². The lowest BCUT2D eigenvalue weighted by atomic mass is 10.1. The molecule has 0 radical (unpaired) electrons. The molecule has 0 saturated carbocycles. The van der Waals surface area contributed by atoms with Gasteiger partial charge in [-0.25, -0.2) is 4.39 Å². The van der Waals surface area contributed by atoms with Gasteiger partial charge in [-0.2, -0.15) is 0 Å². The van der Waals surface area contributed by atoms with Crippen molar-refractivity contribution in [2.75, 3.05) is 64.5 Å². The predicted molar refractivity (Wildman–Crippen MR) is 133 cm³/mol. The highest BCUT2D eigenvalue weighted by atomic mass is 32.1. The van der Waals surface area contributed by atoms with Crippen molar-refractivity contribution in [2.45, 2.75) is 12.5 Å². The fourth-order valence-corrected chi connectivity index (χ4v) is 4.89. The molecule has 0 aliphatic carbocycles. The average molecular weight is 501 g/mol. The summed E-state index contributed by atoms with van der Waals surface area (Å²) in [6, 6.07) is 11.5. The monoisotopic (exact) mass is 500 g/mol. The predicted octanol–water partition coefficient (Wildman–Crippen LogP) is 2.80. The molecular formula is C25H29FN4O4S. The number of carbonyl (C=O) groups excluding carboxylic acids is 1. The lowest BCUT2D eigenvalue weighted by Gasteiger charge is -2.36. The minimum atomic E-state index is -0.276. The van der Waals surface area contributed by atoms with Crippen LogP contribution in [-0.4, -0.2) is 91.0 Å². The van der Waals surface area contributed by atoms with E-state index in [1.807, 2.05) is 4.90 Å².